The molecular formula is C16H24BrClO2. The van der Waals surface area contributed by atoms with E-state index in [1.54, 1.807) is 0 Å². The molecule has 2 nitrogen and oxygen atoms in total. The van der Waals surface area contributed by atoms with Crippen LogP contribution in [0.5, 0.6) is 11.5 Å². The number of rotatable bonds is 7. The van der Waals surface area contributed by atoms with E-state index in [0.29, 0.717) is 25.0 Å². The molecular weight excluding hydrogens is 340 g/mol. The van der Waals surface area contributed by atoms with Gasteiger partial charge in [-0.05, 0) is 43.4 Å². The first-order valence-electron chi connectivity index (χ1n) is 7.15. The Morgan fingerprint density at radius 2 is 1.55 bits per heavy atom. The monoisotopic (exact) mass is 362 g/mol. The average molecular weight is 364 g/mol. The Bertz CT molecular complexity index is 435. The zero-order valence-electron chi connectivity index (χ0n) is 12.9. The number of alkyl halides is 1. The van der Waals surface area contributed by atoms with Gasteiger partial charge in [-0.2, -0.15) is 0 Å². The largest absolute Gasteiger partial charge is 0.490 e. The zero-order valence-corrected chi connectivity index (χ0v) is 15.2. The maximum Gasteiger partial charge on any atom is 0.162 e. The molecule has 0 aliphatic heterocycles. The lowest BCUT2D eigenvalue weighted by Crippen LogP contribution is -2.12. The molecule has 0 aromatic heterocycles. The summed E-state index contributed by atoms with van der Waals surface area (Å²) in [5.41, 5.74) is 1.06. The maximum absolute atomic E-state index is 6.63. The van der Waals surface area contributed by atoms with Gasteiger partial charge in [0.1, 0.15) is 0 Å². The highest BCUT2D eigenvalue weighted by Crippen LogP contribution is 2.42. The van der Waals surface area contributed by atoms with Crippen molar-refractivity contribution in [3.8, 4) is 11.5 Å². The molecule has 1 aromatic carbocycles. The fraction of sp³-hybridized carbons (Fsp3) is 0.625. The molecule has 0 amide bonds. The number of hydrogen-bond donors (Lipinski definition) is 0. The van der Waals surface area contributed by atoms with Gasteiger partial charge in [0.2, 0.25) is 0 Å². The maximum atomic E-state index is 6.63. The standard InChI is InChI=1S/C16H24BrClO2/c1-6-19-14-8-12(16(18)11(5)10(3)4)13(17)9-15(14)20-7-2/h8-11,16H,6-7H2,1-5H3. The molecule has 0 aliphatic rings. The molecule has 2 atom stereocenters. The van der Waals surface area contributed by atoms with Gasteiger partial charge in [-0.25, -0.2) is 0 Å². The molecule has 0 spiro atoms. The van der Waals surface area contributed by atoms with E-state index in [-0.39, 0.29) is 5.38 Å². The molecule has 2 unspecified atom stereocenters. The number of halogens is 2. The van der Waals surface area contributed by atoms with Crippen LogP contribution in [0.25, 0.3) is 0 Å². The van der Waals surface area contributed by atoms with Crippen LogP contribution in [0.1, 0.15) is 45.6 Å². The molecule has 114 valence electrons. The predicted molar refractivity (Wildman–Crippen MR) is 89.1 cm³/mol. The minimum Gasteiger partial charge on any atom is -0.490 e. The van der Waals surface area contributed by atoms with Crippen LogP contribution in [0.3, 0.4) is 0 Å². The van der Waals surface area contributed by atoms with Crippen molar-refractivity contribution in [3.05, 3.63) is 22.2 Å². The van der Waals surface area contributed by atoms with E-state index in [0.717, 1.165) is 21.5 Å². The fourth-order valence-electron chi connectivity index (χ4n) is 1.92. The van der Waals surface area contributed by atoms with Gasteiger partial charge in [-0.3, -0.25) is 0 Å². The van der Waals surface area contributed by atoms with E-state index >= 15 is 0 Å². The normalized spacial score (nSPS) is 14.2. The molecule has 0 saturated heterocycles. The SMILES string of the molecule is CCOc1cc(Br)c(C(Cl)C(C)C(C)C)cc1OCC. The van der Waals surface area contributed by atoms with Crippen molar-refractivity contribution in [2.45, 2.75) is 40.0 Å². The van der Waals surface area contributed by atoms with Crippen LogP contribution in [-0.4, -0.2) is 13.2 Å². The Hall–Kier alpha value is -0.410. The number of benzene rings is 1. The Kier molecular flexibility index (Phi) is 7.18. The third-order valence-corrected chi connectivity index (χ3v) is 4.79. The van der Waals surface area contributed by atoms with Gasteiger partial charge >= 0.3 is 0 Å². The Morgan fingerprint density at radius 1 is 1.05 bits per heavy atom. The van der Waals surface area contributed by atoms with Gasteiger partial charge < -0.3 is 9.47 Å². The van der Waals surface area contributed by atoms with Crippen LogP contribution >= 0.6 is 27.5 Å². The van der Waals surface area contributed by atoms with Crippen LogP contribution in [0.4, 0.5) is 0 Å². The highest BCUT2D eigenvalue weighted by molar-refractivity contribution is 9.10. The van der Waals surface area contributed by atoms with Crippen molar-refractivity contribution in [1.29, 1.82) is 0 Å². The smallest absolute Gasteiger partial charge is 0.162 e. The lowest BCUT2D eigenvalue weighted by Gasteiger charge is -2.24. The van der Waals surface area contributed by atoms with Crippen LogP contribution in [-0.2, 0) is 0 Å². The second kappa shape index (κ2) is 8.14. The van der Waals surface area contributed by atoms with Gasteiger partial charge in [0, 0.05) is 4.47 Å². The van der Waals surface area contributed by atoms with E-state index in [1.165, 1.54) is 0 Å². The van der Waals surface area contributed by atoms with Gasteiger partial charge in [0.05, 0.1) is 18.6 Å². The third kappa shape index (κ3) is 4.29. The van der Waals surface area contributed by atoms with E-state index in [2.05, 4.69) is 36.7 Å². The first-order valence-corrected chi connectivity index (χ1v) is 8.38. The Labute approximate surface area is 135 Å². The predicted octanol–water partition coefficient (Wildman–Crippen LogP) is 5.82. The summed E-state index contributed by atoms with van der Waals surface area (Å²) in [4.78, 5) is 0. The first kappa shape index (κ1) is 17.6. The van der Waals surface area contributed by atoms with Crippen molar-refractivity contribution in [2.24, 2.45) is 11.8 Å². The highest BCUT2D eigenvalue weighted by Gasteiger charge is 2.23. The van der Waals surface area contributed by atoms with E-state index in [1.807, 2.05) is 26.0 Å². The lowest BCUT2D eigenvalue weighted by atomic mass is 9.90. The van der Waals surface area contributed by atoms with Crippen LogP contribution in [0, 0.1) is 11.8 Å². The molecule has 4 heteroatoms. The molecule has 20 heavy (non-hydrogen) atoms. The van der Waals surface area contributed by atoms with Crippen molar-refractivity contribution >= 4 is 27.5 Å². The number of hydrogen-bond acceptors (Lipinski definition) is 2. The van der Waals surface area contributed by atoms with Crippen molar-refractivity contribution < 1.29 is 9.47 Å². The summed E-state index contributed by atoms with van der Waals surface area (Å²) in [6, 6.07) is 3.95. The Balaban J connectivity index is 3.17. The van der Waals surface area contributed by atoms with Crippen molar-refractivity contribution in [3.63, 3.8) is 0 Å². The van der Waals surface area contributed by atoms with E-state index < -0.39 is 0 Å². The second-order valence-electron chi connectivity index (χ2n) is 5.19. The molecule has 1 aromatic rings. The summed E-state index contributed by atoms with van der Waals surface area (Å²) in [7, 11) is 0. The van der Waals surface area contributed by atoms with E-state index in [4.69, 9.17) is 21.1 Å². The molecule has 0 fully saturated rings. The summed E-state index contributed by atoms with van der Waals surface area (Å²) in [5, 5.41) is -0.0562. The summed E-state index contributed by atoms with van der Waals surface area (Å²) < 4.78 is 12.3. The van der Waals surface area contributed by atoms with Gasteiger partial charge in [-0.15, -0.1) is 11.6 Å². The number of ether oxygens (including phenoxy) is 2. The lowest BCUT2D eigenvalue weighted by molar-refractivity contribution is 0.287. The van der Waals surface area contributed by atoms with Gasteiger partial charge in [0.25, 0.3) is 0 Å². The van der Waals surface area contributed by atoms with Crippen molar-refractivity contribution in [1.82, 2.24) is 0 Å². The van der Waals surface area contributed by atoms with Crippen molar-refractivity contribution in [2.75, 3.05) is 13.2 Å². The zero-order chi connectivity index (χ0) is 15.3. The molecule has 0 aliphatic carbocycles. The van der Waals surface area contributed by atoms with Gasteiger partial charge in [-0.1, -0.05) is 36.7 Å². The minimum absolute atomic E-state index is 0.0562. The molecule has 1 rings (SSSR count). The molecule has 0 N–H and O–H groups in total. The molecule has 0 radical (unpaired) electrons. The quantitative estimate of drug-likeness (QED) is 0.568. The third-order valence-electron chi connectivity index (χ3n) is 3.47. The highest BCUT2D eigenvalue weighted by atomic mass is 79.9. The van der Waals surface area contributed by atoms with Crippen LogP contribution < -0.4 is 9.47 Å². The summed E-state index contributed by atoms with van der Waals surface area (Å²) in [6.07, 6.45) is 0. The fourth-order valence-corrected chi connectivity index (χ4v) is 3.09. The summed E-state index contributed by atoms with van der Waals surface area (Å²) in [5.74, 6) is 2.41. The summed E-state index contributed by atoms with van der Waals surface area (Å²) >= 11 is 10.2. The molecule has 0 heterocycles. The Morgan fingerprint density at radius 3 is 2.00 bits per heavy atom. The second-order valence-corrected chi connectivity index (χ2v) is 6.52. The van der Waals surface area contributed by atoms with E-state index in [9.17, 15) is 0 Å². The molecule has 0 bridgehead atoms. The molecule has 0 saturated carbocycles. The van der Waals surface area contributed by atoms with Crippen LogP contribution in [0.15, 0.2) is 16.6 Å². The average Bonchev–Trinajstić information content (AvgIpc) is 2.40. The topological polar surface area (TPSA) is 18.5 Å². The van der Waals surface area contributed by atoms with Crippen LogP contribution in [0.2, 0.25) is 0 Å². The summed E-state index contributed by atoms with van der Waals surface area (Å²) in [6.45, 7) is 11.7. The first-order chi connectivity index (χ1) is 9.42. The van der Waals surface area contributed by atoms with Gasteiger partial charge in [0.15, 0.2) is 11.5 Å². The minimum atomic E-state index is -0.0562.